The van der Waals surface area contributed by atoms with Crippen LogP contribution >= 0.6 is 11.3 Å². The van der Waals surface area contributed by atoms with Gasteiger partial charge >= 0.3 is 0 Å². The summed E-state index contributed by atoms with van der Waals surface area (Å²) in [6.45, 7) is 0.417. The molecule has 0 aliphatic carbocycles. The van der Waals surface area contributed by atoms with Crippen LogP contribution in [-0.4, -0.2) is 42.8 Å². The highest BCUT2D eigenvalue weighted by Crippen LogP contribution is 2.27. The Hall–Kier alpha value is -2.85. The summed E-state index contributed by atoms with van der Waals surface area (Å²) >= 11 is 1.08. The molecule has 0 atom stereocenters. The van der Waals surface area contributed by atoms with Crippen molar-refractivity contribution in [3.63, 3.8) is 0 Å². The molecule has 3 aromatic rings. The molecule has 0 spiro atoms. The van der Waals surface area contributed by atoms with E-state index in [0.29, 0.717) is 28.9 Å². The monoisotopic (exact) mass is 447 g/mol. The van der Waals surface area contributed by atoms with E-state index >= 15 is 0 Å². The highest BCUT2D eigenvalue weighted by molar-refractivity contribution is 7.92. The van der Waals surface area contributed by atoms with Crippen molar-refractivity contribution in [1.29, 1.82) is 0 Å². The molecule has 4 rings (SSSR count). The zero-order valence-corrected chi connectivity index (χ0v) is 17.7. The number of nitrogens with zero attached hydrogens (tertiary/aromatic N) is 3. The Balaban J connectivity index is 1.50. The second kappa shape index (κ2) is 7.77. The number of benzene rings is 2. The van der Waals surface area contributed by atoms with Gasteiger partial charge in [0.2, 0.25) is 5.91 Å². The Morgan fingerprint density at radius 3 is 2.73 bits per heavy atom. The van der Waals surface area contributed by atoms with Crippen LogP contribution in [0.5, 0.6) is 0 Å². The number of amides is 2. The summed E-state index contributed by atoms with van der Waals surface area (Å²) in [5.74, 6) is -3.46. The number of hydrogen-bond acceptors (Lipinski definition) is 5. The average Bonchev–Trinajstić information content (AvgIpc) is 3.22. The molecular weight excluding hydrogens is 429 g/mol. The summed E-state index contributed by atoms with van der Waals surface area (Å²) < 4.78 is 40.4. The molecule has 0 fully saturated rings. The van der Waals surface area contributed by atoms with Crippen LogP contribution in [0.4, 0.5) is 10.1 Å². The lowest BCUT2D eigenvalue weighted by Gasteiger charge is -2.17. The predicted molar refractivity (Wildman–Crippen MR) is 112 cm³/mol. The third-order valence-electron chi connectivity index (χ3n) is 4.87. The largest absolute Gasteiger partial charge is 0.319 e. The van der Waals surface area contributed by atoms with E-state index in [1.165, 1.54) is 17.0 Å². The lowest BCUT2D eigenvalue weighted by Crippen LogP contribution is -2.36. The van der Waals surface area contributed by atoms with Gasteiger partial charge in [-0.2, -0.15) is 4.99 Å². The number of rotatable bonds is 4. The molecule has 1 aromatic heterocycles. The predicted octanol–water partition coefficient (Wildman–Crippen LogP) is 1.81. The minimum Gasteiger partial charge on any atom is -0.319 e. The lowest BCUT2D eigenvalue weighted by atomic mass is 10.2. The van der Waals surface area contributed by atoms with Crippen LogP contribution in [0.15, 0.2) is 47.5 Å². The van der Waals surface area contributed by atoms with E-state index in [-0.39, 0.29) is 4.80 Å². The number of para-hydroxylation sites is 1. The first-order valence-corrected chi connectivity index (χ1v) is 11.8. The number of carbonyl (C=O) groups is 2. The molecule has 0 unspecified atom stereocenters. The van der Waals surface area contributed by atoms with E-state index in [0.717, 1.165) is 16.9 Å². The number of aryl methyl sites for hydroxylation is 1. The molecule has 0 radical (unpaired) electrons. The highest BCUT2D eigenvalue weighted by atomic mass is 32.2. The Bertz CT molecular complexity index is 1340. The van der Waals surface area contributed by atoms with Crippen molar-refractivity contribution in [1.82, 2.24) is 4.57 Å². The van der Waals surface area contributed by atoms with Crippen LogP contribution in [0.1, 0.15) is 5.56 Å². The first kappa shape index (κ1) is 20.4. The summed E-state index contributed by atoms with van der Waals surface area (Å²) in [7, 11) is -2.33. The number of aromatic nitrogens is 1. The Kier molecular flexibility index (Phi) is 5.29. The molecule has 2 amide bonds. The van der Waals surface area contributed by atoms with Gasteiger partial charge in [0.05, 0.1) is 10.2 Å². The van der Waals surface area contributed by atoms with Gasteiger partial charge in [0.25, 0.3) is 5.91 Å². The standard InChI is InChI=1S/C20H18FN3O4S2/c1-23-16-7-6-14(21)10-17(16)29-20(23)22-18(25)11-30(27,28)12-19(26)24-9-8-13-4-2-3-5-15(13)24/h2-7,10H,8-9,11-12H2,1H3. The van der Waals surface area contributed by atoms with Gasteiger partial charge in [-0.1, -0.05) is 29.5 Å². The first-order valence-electron chi connectivity index (χ1n) is 9.15. The minimum absolute atomic E-state index is 0.260. The third kappa shape index (κ3) is 4.05. The molecule has 1 aliphatic heterocycles. The zero-order chi connectivity index (χ0) is 21.5. The summed E-state index contributed by atoms with van der Waals surface area (Å²) in [5.41, 5.74) is 2.37. The molecule has 2 heterocycles. The molecule has 156 valence electrons. The minimum atomic E-state index is -3.99. The summed E-state index contributed by atoms with van der Waals surface area (Å²) in [6, 6.07) is 11.5. The number of carbonyl (C=O) groups excluding carboxylic acids is 2. The fraction of sp³-hybridized carbons (Fsp3) is 0.250. The lowest BCUT2D eigenvalue weighted by molar-refractivity contribution is -0.116. The number of sulfone groups is 1. The average molecular weight is 448 g/mol. The van der Waals surface area contributed by atoms with Gasteiger partial charge in [-0.25, -0.2) is 12.8 Å². The summed E-state index contributed by atoms with van der Waals surface area (Å²) in [5, 5.41) is 0. The molecule has 0 N–H and O–H groups in total. The zero-order valence-electron chi connectivity index (χ0n) is 16.0. The highest BCUT2D eigenvalue weighted by Gasteiger charge is 2.29. The van der Waals surface area contributed by atoms with E-state index in [2.05, 4.69) is 4.99 Å². The van der Waals surface area contributed by atoms with Crippen molar-refractivity contribution in [3.05, 3.63) is 58.6 Å². The van der Waals surface area contributed by atoms with Gasteiger partial charge in [-0.3, -0.25) is 9.59 Å². The van der Waals surface area contributed by atoms with Gasteiger partial charge in [0.1, 0.15) is 17.3 Å². The van der Waals surface area contributed by atoms with Crippen LogP contribution in [0, 0.1) is 5.82 Å². The van der Waals surface area contributed by atoms with E-state index in [9.17, 15) is 22.4 Å². The van der Waals surface area contributed by atoms with Crippen LogP contribution in [0.25, 0.3) is 10.2 Å². The van der Waals surface area contributed by atoms with Gasteiger partial charge in [0.15, 0.2) is 14.6 Å². The number of hydrogen-bond donors (Lipinski definition) is 0. The van der Waals surface area contributed by atoms with E-state index < -0.39 is 39.0 Å². The summed E-state index contributed by atoms with van der Waals surface area (Å²) in [4.78, 5) is 30.4. The maximum atomic E-state index is 13.4. The van der Waals surface area contributed by atoms with E-state index in [1.54, 1.807) is 29.8 Å². The molecule has 10 heteroatoms. The van der Waals surface area contributed by atoms with Crippen molar-refractivity contribution >= 4 is 48.9 Å². The quantitative estimate of drug-likeness (QED) is 0.610. The maximum absolute atomic E-state index is 13.4. The smallest absolute Gasteiger partial charge is 0.263 e. The molecule has 1 aliphatic rings. The normalized spacial score (nSPS) is 14.3. The number of halogens is 1. The molecule has 7 nitrogen and oxygen atoms in total. The van der Waals surface area contributed by atoms with Crippen molar-refractivity contribution in [3.8, 4) is 0 Å². The maximum Gasteiger partial charge on any atom is 0.263 e. The van der Waals surface area contributed by atoms with Gasteiger partial charge in [-0.05, 0) is 36.2 Å². The van der Waals surface area contributed by atoms with Crippen molar-refractivity contribution in [2.75, 3.05) is 23.0 Å². The SMILES string of the molecule is Cn1c(=NC(=O)CS(=O)(=O)CC(=O)N2CCc3ccccc32)sc2cc(F)ccc21. The molecule has 2 aromatic carbocycles. The van der Waals surface area contributed by atoms with Gasteiger partial charge < -0.3 is 9.47 Å². The summed E-state index contributed by atoms with van der Waals surface area (Å²) in [6.07, 6.45) is 0.666. The van der Waals surface area contributed by atoms with Crippen molar-refractivity contribution in [2.45, 2.75) is 6.42 Å². The number of thiazole rings is 1. The van der Waals surface area contributed by atoms with Crippen LogP contribution < -0.4 is 9.70 Å². The Morgan fingerprint density at radius 2 is 1.93 bits per heavy atom. The molecular formula is C20H18FN3O4S2. The Labute approximate surface area is 176 Å². The van der Waals surface area contributed by atoms with Crippen molar-refractivity contribution < 1.29 is 22.4 Å². The second-order valence-corrected chi connectivity index (χ2v) is 10.1. The fourth-order valence-electron chi connectivity index (χ4n) is 3.46. The Morgan fingerprint density at radius 1 is 1.17 bits per heavy atom. The third-order valence-corrected chi connectivity index (χ3v) is 7.33. The van der Waals surface area contributed by atoms with Crippen molar-refractivity contribution in [2.24, 2.45) is 12.0 Å². The molecule has 0 bridgehead atoms. The van der Waals surface area contributed by atoms with Gasteiger partial charge in [-0.15, -0.1) is 0 Å². The topological polar surface area (TPSA) is 88.8 Å². The van der Waals surface area contributed by atoms with Crippen LogP contribution in [0.3, 0.4) is 0 Å². The van der Waals surface area contributed by atoms with E-state index in [1.807, 2.05) is 12.1 Å². The number of fused-ring (bicyclic) bond motifs is 2. The second-order valence-electron chi connectivity index (χ2n) is 7.02. The molecule has 0 saturated carbocycles. The van der Waals surface area contributed by atoms with E-state index in [4.69, 9.17) is 0 Å². The van der Waals surface area contributed by atoms with Gasteiger partial charge in [0, 0.05) is 19.3 Å². The molecule has 0 saturated heterocycles. The number of anilines is 1. The fourth-order valence-corrected chi connectivity index (χ4v) is 5.59. The molecule has 30 heavy (non-hydrogen) atoms. The van der Waals surface area contributed by atoms with Crippen LogP contribution in [0.2, 0.25) is 0 Å². The van der Waals surface area contributed by atoms with Crippen LogP contribution in [-0.2, 0) is 32.9 Å². The first-order chi connectivity index (χ1) is 14.2.